The van der Waals surface area contributed by atoms with Gasteiger partial charge >= 0.3 is 0 Å². The molecule has 0 bridgehead atoms. The van der Waals surface area contributed by atoms with Crippen molar-refractivity contribution in [3.63, 3.8) is 0 Å². The third-order valence-electron chi connectivity index (χ3n) is 2.20. The van der Waals surface area contributed by atoms with Gasteiger partial charge in [0.25, 0.3) is 0 Å². The van der Waals surface area contributed by atoms with E-state index in [1.165, 1.54) is 0 Å². The predicted octanol–water partition coefficient (Wildman–Crippen LogP) is 0.955. The number of methoxy groups -OCH3 is 1. The van der Waals surface area contributed by atoms with Crippen LogP contribution in [0.1, 0.15) is 12.0 Å². The number of hydrogen-bond donors (Lipinski definition) is 2. The van der Waals surface area contributed by atoms with E-state index in [9.17, 15) is 5.11 Å². The van der Waals surface area contributed by atoms with E-state index in [1.54, 1.807) is 7.11 Å². The molecular weight excluding hydrogens is 208 g/mol. The zero-order chi connectivity index (χ0) is 11.8. The molecule has 4 heteroatoms. The lowest BCUT2D eigenvalue weighted by Gasteiger charge is -2.09. The van der Waals surface area contributed by atoms with Crippen LogP contribution in [-0.4, -0.2) is 36.6 Å². The minimum atomic E-state index is -0.594. The molecule has 0 radical (unpaired) electrons. The average molecular weight is 226 g/mol. The number of benzene rings is 1. The highest BCUT2D eigenvalue weighted by Gasteiger charge is 2.03. The second-order valence-electron chi connectivity index (χ2n) is 3.53. The molecule has 0 heterocycles. The van der Waals surface area contributed by atoms with Gasteiger partial charge < -0.3 is 19.7 Å². The molecule has 4 nitrogen and oxygen atoms in total. The number of ether oxygens (including phenoxy) is 2. The van der Waals surface area contributed by atoms with Gasteiger partial charge in [-0.05, 0) is 24.1 Å². The lowest BCUT2D eigenvalue weighted by atomic mass is 10.2. The normalized spacial score (nSPS) is 12.4. The summed E-state index contributed by atoms with van der Waals surface area (Å²) in [6.07, 6.45) is -0.244. The average Bonchev–Trinajstić information content (AvgIpc) is 2.30. The van der Waals surface area contributed by atoms with Crippen molar-refractivity contribution in [1.82, 2.24) is 0 Å². The van der Waals surface area contributed by atoms with E-state index in [0.29, 0.717) is 13.0 Å². The molecule has 0 saturated carbocycles. The summed E-state index contributed by atoms with van der Waals surface area (Å²) in [6.45, 7) is 0.673. The Morgan fingerprint density at radius 1 is 1.25 bits per heavy atom. The SMILES string of the molecule is COc1ccc(COC[C@@H](O)CCO)cc1. The molecule has 0 aromatic heterocycles. The zero-order valence-electron chi connectivity index (χ0n) is 9.43. The number of hydrogen-bond acceptors (Lipinski definition) is 4. The van der Waals surface area contributed by atoms with Crippen LogP contribution in [0.4, 0.5) is 0 Å². The van der Waals surface area contributed by atoms with Gasteiger partial charge in [-0.2, -0.15) is 0 Å². The first kappa shape index (κ1) is 13.0. The molecule has 0 aliphatic heterocycles. The Morgan fingerprint density at radius 2 is 1.94 bits per heavy atom. The van der Waals surface area contributed by atoms with Crippen LogP contribution in [-0.2, 0) is 11.3 Å². The Balaban J connectivity index is 2.26. The number of aliphatic hydroxyl groups excluding tert-OH is 2. The maximum Gasteiger partial charge on any atom is 0.118 e. The van der Waals surface area contributed by atoms with Gasteiger partial charge in [-0.1, -0.05) is 12.1 Å². The number of rotatable bonds is 7. The van der Waals surface area contributed by atoms with Crippen LogP contribution in [0.15, 0.2) is 24.3 Å². The summed E-state index contributed by atoms with van der Waals surface area (Å²) in [5.41, 5.74) is 1.02. The molecule has 16 heavy (non-hydrogen) atoms. The first-order valence-electron chi connectivity index (χ1n) is 5.26. The number of aliphatic hydroxyl groups is 2. The van der Waals surface area contributed by atoms with Gasteiger partial charge in [0.1, 0.15) is 5.75 Å². The second-order valence-corrected chi connectivity index (χ2v) is 3.53. The highest BCUT2D eigenvalue weighted by atomic mass is 16.5. The quantitative estimate of drug-likeness (QED) is 0.727. The van der Waals surface area contributed by atoms with Crippen molar-refractivity contribution >= 4 is 0 Å². The summed E-state index contributed by atoms with van der Waals surface area (Å²) < 4.78 is 10.3. The van der Waals surface area contributed by atoms with Gasteiger partial charge in [0, 0.05) is 6.61 Å². The molecule has 0 unspecified atom stereocenters. The first-order chi connectivity index (χ1) is 7.76. The van der Waals surface area contributed by atoms with E-state index in [4.69, 9.17) is 14.6 Å². The molecule has 0 spiro atoms. The van der Waals surface area contributed by atoms with E-state index >= 15 is 0 Å². The summed E-state index contributed by atoms with van der Waals surface area (Å²) >= 11 is 0. The lowest BCUT2D eigenvalue weighted by molar-refractivity contribution is 0.0168. The molecule has 0 saturated heterocycles. The van der Waals surface area contributed by atoms with Gasteiger partial charge in [0.2, 0.25) is 0 Å². The monoisotopic (exact) mass is 226 g/mol. The summed E-state index contributed by atoms with van der Waals surface area (Å²) in [5.74, 6) is 0.809. The molecule has 1 aromatic carbocycles. The topological polar surface area (TPSA) is 58.9 Å². The Bertz CT molecular complexity index is 284. The van der Waals surface area contributed by atoms with Crippen LogP contribution in [0.25, 0.3) is 0 Å². The maximum atomic E-state index is 9.30. The van der Waals surface area contributed by atoms with Crippen molar-refractivity contribution in [3.8, 4) is 5.75 Å². The van der Waals surface area contributed by atoms with Crippen molar-refractivity contribution in [2.45, 2.75) is 19.1 Å². The molecule has 2 N–H and O–H groups in total. The van der Waals surface area contributed by atoms with Crippen molar-refractivity contribution in [2.24, 2.45) is 0 Å². The molecule has 1 aromatic rings. The largest absolute Gasteiger partial charge is 0.497 e. The Labute approximate surface area is 95.4 Å². The zero-order valence-corrected chi connectivity index (χ0v) is 9.43. The van der Waals surface area contributed by atoms with Gasteiger partial charge in [-0.15, -0.1) is 0 Å². The molecule has 0 aliphatic carbocycles. The Kier molecular flexibility index (Phi) is 5.85. The van der Waals surface area contributed by atoms with Crippen LogP contribution < -0.4 is 4.74 Å². The summed E-state index contributed by atoms with van der Waals surface area (Å²) in [4.78, 5) is 0. The van der Waals surface area contributed by atoms with E-state index in [2.05, 4.69) is 0 Å². The predicted molar refractivity (Wildman–Crippen MR) is 60.4 cm³/mol. The summed E-state index contributed by atoms with van der Waals surface area (Å²) in [6, 6.07) is 7.56. The minimum Gasteiger partial charge on any atom is -0.497 e. The molecule has 0 amide bonds. The van der Waals surface area contributed by atoms with Crippen LogP contribution in [0, 0.1) is 0 Å². The fourth-order valence-electron chi connectivity index (χ4n) is 1.27. The molecule has 0 fully saturated rings. The van der Waals surface area contributed by atoms with Gasteiger partial charge in [-0.3, -0.25) is 0 Å². The fourth-order valence-corrected chi connectivity index (χ4v) is 1.27. The molecular formula is C12H18O4. The highest BCUT2D eigenvalue weighted by Crippen LogP contribution is 2.12. The van der Waals surface area contributed by atoms with Gasteiger partial charge in [0.15, 0.2) is 0 Å². The maximum absolute atomic E-state index is 9.30. The van der Waals surface area contributed by atoms with Crippen molar-refractivity contribution in [1.29, 1.82) is 0 Å². The van der Waals surface area contributed by atoms with Crippen LogP contribution in [0.5, 0.6) is 5.75 Å². The van der Waals surface area contributed by atoms with Gasteiger partial charge in [-0.25, -0.2) is 0 Å². The summed E-state index contributed by atoms with van der Waals surface area (Å²) in [5, 5.41) is 17.9. The van der Waals surface area contributed by atoms with Gasteiger partial charge in [0.05, 0.1) is 26.4 Å². The van der Waals surface area contributed by atoms with Crippen LogP contribution >= 0.6 is 0 Å². The minimum absolute atomic E-state index is 0.0208. The smallest absolute Gasteiger partial charge is 0.118 e. The fraction of sp³-hybridized carbons (Fsp3) is 0.500. The highest BCUT2D eigenvalue weighted by molar-refractivity contribution is 5.26. The van der Waals surface area contributed by atoms with Crippen LogP contribution in [0.2, 0.25) is 0 Å². The van der Waals surface area contributed by atoms with Crippen LogP contribution in [0.3, 0.4) is 0 Å². The molecule has 1 rings (SSSR count). The Morgan fingerprint density at radius 3 is 2.50 bits per heavy atom. The lowest BCUT2D eigenvalue weighted by Crippen LogP contribution is -2.16. The van der Waals surface area contributed by atoms with Crippen molar-refractivity contribution in [2.75, 3.05) is 20.3 Å². The third kappa shape index (κ3) is 4.61. The van der Waals surface area contributed by atoms with E-state index in [-0.39, 0.29) is 13.2 Å². The Hall–Kier alpha value is -1.10. The standard InChI is InChI=1S/C12H18O4/c1-15-12-4-2-10(3-5-12)8-16-9-11(14)6-7-13/h2-5,11,13-14H,6-9H2,1H3/t11-/m0/s1. The van der Waals surface area contributed by atoms with E-state index in [0.717, 1.165) is 11.3 Å². The molecule has 90 valence electrons. The third-order valence-corrected chi connectivity index (χ3v) is 2.20. The van der Waals surface area contributed by atoms with Crippen molar-refractivity contribution in [3.05, 3.63) is 29.8 Å². The van der Waals surface area contributed by atoms with E-state index < -0.39 is 6.10 Å². The van der Waals surface area contributed by atoms with E-state index in [1.807, 2.05) is 24.3 Å². The first-order valence-corrected chi connectivity index (χ1v) is 5.26. The van der Waals surface area contributed by atoms with Crippen molar-refractivity contribution < 1.29 is 19.7 Å². The second kappa shape index (κ2) is 7.22. The summed E-state index contributed by atoms with van der Waals surface area (Å²) in [7, 11) is 1.62. The molecule has 1 atom stereocenters. The molecule has 0 aliphatic rings.